The molecule has 5 nitrogen and oxygen atoms in total. The van der Waals surface area contributed by atoms with Crippen LogP contribution in [0.25, 0.3) is 0 Å². The van der Waals surface area contributed by atoms with Crippen LogP contribution in [0.2, 0.25) is 5.02 Å². The standard InChI is InChI=1S/C12H13ClFN3O2S/c1-8-5-11(9(13)6-10(8)14)20(18,19)17(2)7-12-15-3-4-16-12/h3-6H,7H2,1-2H3,(H,15,16). The van der Waals surface area contributed by atoms with E-state index in [1.165, 1.54) is 26.2 Å². The molecule has 1 aromatic carbocycles. The molecule has 20 heavy (non-hydrogen) atoms. The summed E-state index contributed by atoms with van der Waals surface area (Å²) in [7, 11) is -2.40. The van der Waals surface area contributed by atoms with E-state index in [1.807, 2.05) is 0 Å². The van der Waals surface area contributed by atoms with E-state index in [-0.39, 0.29) is 22.0 Å². The van der Waals surface area contributed by atoms with Gasteiger partial charge in [-0.25, -0.2) is 17.8 Å². The molecule has 8 heteroatoms. The quantitative estimate of drug-likeness (QED) is 0.941. The highest BCUT2D eigenvalue weighted by atomic mass is 35.5. The number of aryl methyl sites for hydroxylation is 1. The predicted molar refractivity (Wildman–Crippen MR) is 73.4 cm³/mol. The summed E-state index contributed by atoms with van der Waals surface area (Å²) in [5.74, 6) is -0.0336. The van der Waals surface area contributed by atoms with Crippen LogP contribution in [0.15, 0.2) is 29.4 Å². The van der Waals surface area contributed by atoms with Crippen molar-refractivity contribution in [3.8, 4) is 0 Å². The number of hydrogen-bond acceptors (Lipinski definition) is 3. The molecule has 0 aliphatic carbocycles. The molecule has 0 amide bonds. The highest BCUT2D eigenvalue weighted by Gasteiger charge is 2.25. The number of nitrogens with zero attached hydrogens (tertiary/aromatic N) is 2. The number of halogens is 2. The fourth-order valence-corrected chi connectivity index (χ4v) is 3.38. The van der Waals surface area contributed by atoms with Crippen LogP contribution in [-0.4, -0.2) is 29.7 Å². The second kappa shape index (κ2) is 5.51. The van der Waals surface area contributed by atoms with Gasteiger partial charge in [0.05, 0.1) is 11.6 Å². The summed E-state index contributed by atoms with van der Waals surface area (Å²) in [4.78, 5) is 6.66. The van der Waals surface area contributed by atoms with Crippen molar-refractivity contribution in [3.63, 3.8) is 0 Å². The molecular weight excluding hydrogens is 305 g/mol. The Labute approximate surface area is 121 Å². The number of hydrogen-bond donors (Lipinski definition) is 1. The van der Waals surface area contributed by atoms with Crippen molar-refractivity contribution < 1.29 is 12.8 Å². The fourth-order valence-electron chi connectivity index (χ4n) is 1.68. The van der Waals surface area contributed by atoms with Gasteiger partial charge in [-0.1, -0.05) is 11.6 Å². The molecular formula is C12H13ClFN3O2S. The van der Waals surface area contributed by atoms with Crippen LogP contribution in [0.5, 0.6) is 0 Å². The summed E-state index contributed by atoms with van der Waals surface area (Å²) in [6.45, 7) is 1.55. The Morgan fingerprint density at radius 3 is 2.75 bits per heavy atom. The third-order valence-corrected chi connectivity index (χ3v) is 5.10. The number of aromatic nitrogens is 2. The molecule has 0 fully saturated rings. The van der Waals surface area contributed by atoms with E-state index in [1.54, 1.807) is 6.20 Å². The van der Waals surface area contributed by atoms with Crippen molar-refractivity contribution in [3.05, 3.63) is 46.8 Å². The summed E-state index contributed by atoms with van der Waals surface area (Å²) in [5.41, 5.74) is 0.222. The molecule has 1 aromatic heterocycles. The lowest BCUT2D eigenvalue weighted by atomic mass is 10.2. The third kappa shape index (κ3) is 2.84. The number of nitrogens with one attached hydrogen (secondary N) is 1. The molecule has 0 unspecified atom stereocenters. The first-order chi connectivity index (χ1) is 9.32. The predicted octanol–water partition coefficient (Wildman–Crippen LogP) is 2.33. The second-order valence-corrected chi connectivity index (χ2v) is 6.75. The first kappa shape index (κ1) is 15.0. The van der Waals surface area contributed by atoms with Crippen LogP contribution >= 0.6 is 11.6 Å². The van der Waals surface area contributed by atoms with Crippen molar-refractivity contribution in [1.82, 2.24) is 14.3 Å². The summed E-state index contributed by atoms with van der Waals surface area (Å²) in [6, 6.07) is 2.23. The number of rotatable bonds is 4. The minimum absolute atomic E-state index is 0.0715. The van der Waals surface area contributed by atoms with Gasteiger partial charge < -0.3 is 4.98 Å². The maximum Gasteiger partial charge on any atom is 0.244 e. The summed E-state index contributed by atoms with van der Waals surface area (Å²) in [6.07, 6.45) is 3.13. The van der Waals surface area contributed by atoms with Crippen LogP contribution in [0, 0.1) is 12.7 Å². The molecule has 2 rings (SSSR count). The zero-order chi connectivity index (χ0) is 14.9. The van der Waals surface area contributed by atoms with Gasteiger partial charge in [0.25, 0.3) is 0 Å². The van der Waals surface area contributed by atoms with Crippen molar-refractivity contribution in [2.24, 2.45) is 0 Å². The van der Waals surface area contributed by atoms with Gasteiger partial charge >= 0.3 is 0 Å². The zero-order valence-electron chi connectivity index (χ0n) is 10.9. The third-order valence-electron chi connectivity index (χ3n) is 2.83. The van der Waals surface area contributed by atoms with Gasteiger partial charge in [0.2, 0.25) is 10.0 Å². The average molecular weight is 318 g/mol. The van der Waals surface area contributed by atoms with E-state index in [0.29, 0.717) is 5.82 Å². The molecule has 0 atom stereocenters. The Kier molecular flexibility index (Phi) is 4.12. The molecule has 0 saturated heterocycles. The zero-order valence-corrected chi connectivity index (χ0v) is 12.5. The minimum atomic E-state index is -3.81. The Hall–Kier alpha value is -1.44. The van der Waals surface area contributed by atoms with Crippen LogP contribution in [0.3, 0.4) is 0 Å². The van der Waals surface area contributed by atoms with Gasteiger partial charge in [-0.15, -0.1) is 0 Å². The van der Waals surface area contributed by atoms with Crippen molar-refractivity contribution in [2.45, 2.75) is 18.4 Å². The summed E-state index contributed by atoms with van der Waals surface area (Å²) < 4.78 is 39.3. The molecule has 0 aliphatic heterocycles. The second-order valence-electron chi connectivity index (χ2n) is 4.33. The molecule has 1 heterocycles. The van der Waals surface area contributed by atoms with Crippen LogP contribution < -0.4 is 0 Å². The van der Waals surface area contributed by atoms with Crippen molar-refractivity contribution >= 4 is 21.6 Å². The smallest absolute Gasteiger partial charge is 0.244 e. The van der Waals surface area contributed by atoms with Crippen LogP contribution in [0.1, 0.15) is 11.4 Å². The molecule has 0 bridgehead atoms. The minimum Gasteiger partial charge on any atom is -0.347 e. The highest BCUT2D eigenvalue weighted by molar-refractivity contribution is 7.89. The maximum absolute atomic E-state index is 13.3. The van der Waals surface area contributed by atoms with Gasteiger partial charge in [-0.2, -0.15) is 4.31 Å². The number of sulfonamides is 1. The van der Waals surface area contributed by atoms with Gasteiger partial charge in [0, 0.05) is 19.4 Å². The molecule has 0 aliphatic rings. The molecule has 2 aromatic rings. The highest BCUT2D eigenvalue weighted by Crippen LogP contribution is 2.27. The van der Waals surface area contributed by atoms with E-state index in [0.717, 1.165) is 10.4 Å². The van der Waals surface area contributed by atoms with E-state index in [2.05, 4.69) is 9.97 Å². The molecule has 1 N–H and O–H groups in total. The lowest BCUT2D eigenvalue weighted by molar-refractivity contribution is 0.458. The van der Waals surface area contributed by atoms with E-state index in [4.69, 9.17) is 11.6 Å². The molecule has 0 spiro atoms. The summed E-state index contributed by atoms with van der Waals surface area (Å²) in [5, 5.41) is -0.139. The SMILES string of the molecule is Cc1cc(S(=O)(=O)N(C)Cc2ncc[nH]2)c(Cl)cc1F. The first-order valence-corrected chi connectivity index (χ1v) is 7.54. The maximum atomic E-state index is 13.3. The lowest BCUT2D eigenvalue weighted by Gasteiger charge is -2.17. The Balaban J connectivity index is 2.37. The van der Waals surface area contributed by atoms with Gasteiger partial charge in [-0.05, 0) is 24.6 Å². The van der Waals surface area contributed by atoms with Gasteiger partial charge in [0.15, 0.2) is 0 Å². The van der Waals surface area contributed by atoms with Crippen molar-refractivity contribution in [1.29, 1.82) is 0 Å². The normalized spacial score (nSPS) is 12.1. The average Bonchev–Trinajstić information content (AvgIpc) is 2.86. The topological polar surface area (TPSA) is 66.1 Å². The number of benzene rings is 1. The van der Waals surface area contributed by atoms with Crippen LogP contribution in [-0.2, 0) is 16.6 Å². The Morgan fingerprint density at radius 2 is 2.15 bits per heavy atom. The summed E-state index contributed by atoms with van der Waals surface area (Å²) >= 11 is 5.84. The Bertz CT molecular complexity index is 717. The van der Waals surface area contributed by atoms with E-state index in [9.17, 15) is 12.8 Å². The number of H-pyrrole nitrogens is 1. The van der Waals surface area contributed by atoms with E-state index < -0.39 is 15.8 Å². The number of aromatic amines is 1. The van der Waals surface area contributed by atoms with Crippen molar-refractivity contribution in [2.75, 3.05) is 7.05 Å². The fraction of sp³-hybridized carbons (Fsp3) is 0.250. The lowest BCUT2D eigenvalue weighted by Crippen LogP contribution is -2.27. The van der Waals surface area contributed by atoms with E-state index >= 15 is 0 Å². The van der Waals surface area contributed by atoms with Gasteiger partial charge in [0.1, 0.15) is 16.5 Å². The Morgan fingerprint density at radius 1 is 1.45 bits per heavy atom. The van der Waals surface area contributed by atoms with Gasteiger partial charge in [-0.3, -0.25) is 0 Å². The molecule has 0 saturated carbocycles. The monoisotopic (exact) mass is 317 g/mol. The largest absolute Gasteiger partial charge is 0.347 e. The first-order valence-electron chi connectivity index (χ1n) is 5.72. The number of imidazole rings is 1. The molecule has 0 radical (unpaired) electrons. The van der Waals surface area contributed by atoms with Crippen LogP contribution in [0.4, 0.5) is 4.39 Å². The molecule has 108 valence electrons.